The molecule has 3 nitrogen and oxygen atoms in total. The zero-order valence-corrected chi connectivity index (χ0v) is 14.4. The molecule has 0 radical (unpaired) electrons. The van der Waals surface area contributed by atoms with Crippen molar-refractivity contribution in [3.05, 3.63) is 47.4 Å². The third kappa shape index (κ3) is 2.52. The average Bonchev–Trinajstić information content (AvgIpc) is 3.10. The van der Waals surface area contributed by atoms with Crippen molar-refractivity contribution in [1.29, 1.82) is 0 Å². The molecule has 4 heterocycles. The first-order chi connectivity index (χ1) is 11.2. The number of thioether (sulfide) groups is 1. The standard InChI is InChI=1S/C19H24N2OS/c1-14-17(15-7-10-21(14)11-8-15)20-18(22)19(9-12-23-13-19)16-5-3-2-4-6-16/h2-6,9,12,14-15,17H,7-8,10-11,13H2,1H3,(H,20,22)/t14-,17-,19?/m0/s1. The Kier molecular flexibility index (Phi) is 3.98. The van der Waals surface area contributed by atoms with Gasteiger partial charge in [-0.1, -0.05) is 36.4 Å². The first-order valence-electron chi connectivity index (χ1n) is 8.60. The lowest BCUT2D eigenvalue weighted by Gasteiger charge is -2.50. The highest BCUT2D eigenvalue weighted by molar-refractivity contribution is 8.02. The van der Waals surface area contributed by atoms with E-state index in [1.54, 1.807) is 11.8 Å². The number of hydrogen-bond acceptors (Lipinski definition) is 3. The van der Waals surface area contributed by atoms with E-state index in [1.807, 2.05) is 18.2 Å². The fourth-order valence-electron chi connectivity index (χ4n) is 4.40. The Morgan fingerprint density at radius 3 is 2.61 bits per heavy atom. The highest BCUT2D eigenvalue weighted by Crippen LogP contribution is 2.38. The number of carbonyl (C=O) groups excluding carboxylic acids is 1. The van der Waals surface area contributed by atoms with Crippen LogP contribution in [0.5, 0.6) is 0 Å². The second kappa shape index (κ2) is 5.99. The molecule has 1 aromatic carbocycles. The monoisotopic (exact) mass is 328 g/mol. The van der Waals surface area contributed by atoms with Gasteiger partial charge in [-0.25, -0.2) is 0 Å². The molecule has 0 aliphatic carbocycles. The van der Waals surface area contributed by atoms with Gasteiger partial charge in [0.05, 0.1) is 0 Å². The number of hydrogen-bond donors (Lipinski definition) is 1. The van der Waals surface area contributed by atoms with Crippen molar-refractivity contribution in [3.8, 4) is 0 Å². The molecule has 1 aromatic rings. The number of nitrogens with one attached hydrogen (secondary N) is 1. The molecule has 1 amide bonds. The third-order valence-electron chi connectivity index (χ3n) is 5.93. The van der Waals surface area contributed by atoms with Crippen LogP contribution in [0.15, 0.2) is 41.8 Å². The van der Waals surface area contributed by atoms with Crippen LogP contribution in [0.2, 0.25) is 0 Å². The Labute approximate surface area is 142 Å². The summed E-state index contributed by atoms with van der Waals surface area (Å²) in [4.78, 5) is 15.8. The van der Waals surface area contributed by atoms with Crippen LogP contribution in [0.3, 0.4) is 0 Å². The Balaban J connectivity index is 1.59. The minimum absolute atomic E-state index is 0.176. The van der Waals surface area contributed by atoms with Crippen LogP contribution in [0, 0.1) is 5.92 Å². The van der Waals surface area contributed by atoms with Crippen molar-refractivity contribution in [2.75, 3.05) is 18.8 Å². The van der Waals surface area contributed by atoms with E-state index in [4.69, 9.17) is 0 Å². The van der Waals surface area contributed by atoms with Crippen LogP contribution < -0.4 is 5.32 Å². The Hall–Kier alpha value is -1.26. The fourth-order valence-corrected chi connectivity index (χ4v) is 5.49. The summed E-state index contributed by atoms with van der Waals surface area (Å²) >= 11 is 1.73. The number of amides is 1. The van der Waals surface area contributed by atoms with Gasteiger partial charge in [-0.3, -0.25) is 9.69 Å². The molecule has 3 atom stereocenters. The summed E-state index contributed by atoms with van der Waals surface area (Å²) in [5, 5.41) is 5.51. The van der Waals surface area contributed by atoms with Crippen LogP contribution in [-0.4, -0.2) is 41.7 Å². The first-order valence-corrected chi connectivity index (χ1v) is 9.65. The normalized spacial score (nSPS) is 38.7. The van der Waals surface area contributed by atoms with Crippen molar-refractivity contribution in [3.63, 3.8) is 0 Å². The maximum absolute atomic E-state index is 13.3. The molecule has 0 aromatic heterocycles. The van der Waals surface area contributed by atoms with Gasteiger partial charge in [0.15, 0.2) is 0 Å². The maximum atomic E-state index is 13.3. The molecule has 1 unspecified atom stereocenters. The molecule has 0 saturated carbocycles. The molecule has 4 aliphatic heterocycles. The van der Waals surface area contributed by atoms with Crippen molar-refractivity contribution >= 4 is 17.7 Å². The Bertz CT molecular complexity index is 607. The summed E-state index contributed by atoms with van der Waals surface area (Å²) in [5.74, 6) is 1.62. The van der Waals surface area contributed by atoms with E-state index in [0.29, 0.717) is 18.0 Å². The lowest BCUT2D eigenvalue weighted by atomic mass is 9.77. The highest BCUT2D eigenvalue weighted by atomic mass is 32.2. The molecule has 23 heavy (non-hydrogen) atoms. The van der Waals surface area contributed by atoms with Gasteiger partial charge in [-0.15, -0.1) is 11.8 Å². The number of carbonyl (C=O) groups is 1. The van der Waals surface area contributed by atoms with Gasteiger partial charge < -0.3 is 5.32 Å². The highest BCUT2D eigenvalue weighted by Gasteiger charge is 2.45. The Morgan fingerprint density at radius 2 is 2.00 bits per heavy atom. The van der Waals surface area contributed by atoms with Crippen molar-refractivity contribution in [2.45, 2.75) is 37.3 Å². The van der Waals surface area contributed by atoms with Crippen molar-refractivity contribution in [2.24, 2.45) is 5.92 Å². The second-order valence-electron chi connectivity index (χ2n) is 7.06. The molecule has 0 spiro atoms. The summed E-state index contributed by atoms with van der Waals surface area (Å²) in [7, 11) is 0. The van der Waals surface area contributed by atoms with E-state index >= 15 is 0 Å². The molecule has 4 heteroatoms. The quantitative estimate of drug-likeness (QED) is 0.926. The molecule has 1 N–H and O–H groups in total. The van der Waals surface area contributed by atoms with E-state index in [-0.39, 0.29) is 5.91 Å². The van der Waals surface area contributed by atoms with Crippen molar-refractivity contribution < 1.29 is 4.79 Å². The average molecular weight is 328 g/mol. The molecular formula is C19H24N2OS. The van der Waals surface area contributed by atoms with Crippen LogP contribution >= 0.6 is 11.8 Å². The molecule has 4 aliphatic rings. The number of fused-ring (bicyclic) bond motifs is 3. The van der Waals surface area contributed by atoms with E-state index < -0.39 is 5.41 Å². The number of benzene rings is 1. The van der Waals surface area contributed by atoms with E-state index in [2.05, 4.69) is 40.8 Å². The first kappa shape index (κ1) is 15.3. The van der Waals surface area contributed by atoms with E-state index in [9.17, 15) is 4.79 Å². The predicted octanol–water partition coefficient (Wildman–Crippen LogP) is 2.78. The number of piperidine rings is 3. The van der Waals surface area contributed by atoms with Gasteiger partial charge in [0, 0.05) is 17.8 Å². The lowest BCUT2D eigenvalue weighted by molar-refractivity contribution is -0.127. The van der Waals surface area contributed by atoms with Crippen molar-refractivity contribution in [1.82, 2.24) is 10.2 Å². The van der Waals surface area contributed by atoms with Gasteiger partial charge in [-0.2, -0.15) is 0 Å². The maximum Gasteiger partial charge on any atom is 0.235 e. The second-order valence-corrected chi connectivity index (χ2v) is 7.96. The van der Waals surface area contributed by atoms with Gasteiger partial charge in [0.25, 0.3) is 0 Å². The summed E-state index contributed by atoms with van der Waals surface area (Å²) in [5.41, 5.74) is 0.602. The molecule has 3 saturated heterocycles. The topological polar surface area (TPSA) is 32.3 Å². The lowest BCUT2D eigenvalue weighted by Crippen LogP contribution is -2.64. The SMILES string of the molecule is C[C@H]1[C@H](NC(=O)C2(c3ccccc3)C=CSC2)C2CCN1CC2. The van der Waals surface area contributed by atoms with Crippen LogP contribution in [0.25, 0.3) is 0 Å². The molecule has 122 valence electrons. The molecule has 2 bridgehead atoms. The summed E-state index contributed by atoms with van der Waals surface area (Å²) in [6.45, 7) is 4.65. The van der Waals surface area contributed by atoms with Crippen LogP contribution in [0.4, 0.5) is 0 Å². The van der Waals surface area contributed by atoms with E-state index in [1.165, 1.54) is 25.9 Å². The Morgan fingerprint density at radius 1 is 1.26 bits per heavy atom. The number of nitrogens with zero attached hydrogens (tertiary/aromatic N) is 1. The largest absolute Gasteiger partial charge is 0.350 e. The zero-order valence-electron chi connectivity index (χ0n) is 13.6. The predicted molar refractivity (Wildman–Crippen MR) is 95.4 cm³/mol. The fraction of sp³-hybridized carbons (Fsp3) is 0.526. The summed E-state index contributed by atoms with van der Waals surface area (Å²) in [6.07, 6.45) is 4.53. The summed E-state index contributed by atoms with van der Waals surface area (Å²) in [6, 6.07) is 11.0. The third-order valence-corrected chi connectivity index (χ3v) is 6.88. The minimum Gasteiger partial charge on any atom is -0.350 e. The molecule has 5 rings (SSSR count). The van der Waals surface area contributed by atoms with Crippen LogP contribution in [0.1, 0.15) is 25.3 Å². The number of rotatable bonds is 3. The molecular weight excluding hydrogens is 304 g/mol. The van der Waals surface area contributed by atoms with E-state index in [0.717, 1.165) is 11.3 Å². The van der Waals surface area contributed by atoms with Crippen LogP contribution in [-0.2, 0) is 10.2 Å². The van der Waals surface area contributed by atoms with Gasteiger partial charge in [0.1, 0.15) is 5.41 Å². The van der Waals surface area contributed by atoms with Gasteiger partial charge in [0.2, 0.25) is 5.91 Å². The smallest absolute Gasteiger partial charge is 0.235 e. The molecule has 3 fully saturated rings. The minimum atomic E-state index is -0.502. The van der Waals surface area contributed by atoms with Gasteiger partial charge in [-0.05, 0) is 49.7 Å². The zero-order chi connectivity index (χ0) is 15.9. The summed E-state index contributed by atoms with van der Waals surface area (Å²) < 4.78 is 0. The van der Waals surface area contributed by atoms with Gasteiger partial charge >= 0.3 is 0 Å².